The highest BCUT2D eigenvalue weighted by Gasteiger charge is 2.24. The minimum atomic E-state index is -0.167. The molecule has 0 bridgehead atoms. The number of ether oxygens (including phenoxy) is 2. The van der Waals surface area contributed by atoms with E-state index < -0.39 is 0 Å². The number of rotatable bonds is 4. The van der Waals surface area contributed by atoms with Crippen molar-refractivity contribution in [2.24, 2.45) is 0 Å². The fraction of sp³-hybridized carbons (Fsp3) is 0.391. The predicted octanol–water partition coefficient (Wildman–Crippen LogP) is 3.67. The number of carbonyl (C=O) groups is 2. The zero-order valence-corrected chi connectivity index (χ0v) is 16.4. The van der Waals surface area contributed by atoms with Crippen molar-refractivity contribution >= 4 is 11.9 Å². The molecule has 0 radical (unpaired) electrons. The second-order valence-corrected chi connectivity index (χ2v) is 7.13. The lowest BCUT2D eigenvalue weighted by atomic mass is 9.98. The molecule has 0 amide bonds. The highest BCUT2D eigenvalue weighted by atomic mass is 16.5. The SMILES string of the molecule is COC(=O)CC1CCc2ccccc21.COC(=O)CC1NCc2ccccc21. The molecule has 2 atom stereocenters. The first kappa shape index (κ1) is 20.1. The average molecular weight is 381 g/mol. The van der Waals surface area contributed by atoms with Gasteiger partial charge in [0.25, 0.3) is 0 Å². The topological polar surface area (TPSA) is 64.6 Å². The normalized spacial score (nSPS) is 19.1. The zero-order chi connectivity index (χ0) is 19.9. The van der Waals surface area contributed by atoms with Crippen molar-refractivity contribution in [1.82, 2.24) is 5.32 Å². The van der Waals surface area contributed by atoms with Gasteiger partial charge in [0.1, 0.15) is 0 Å². The van der Waals surface area contributed by atoms with Gasteiger partial charge in [-0.2, -0.15) is 0 Å². The van der Waals surface area contributed by atoms with Gasteiger partial charge >= 0.3 is 11.9 Å². The van der Waals surface area contributed by atoms with E-state index in [9.17, 15) is 9.59 Å². The Morgan fingerprint density at radius 3 is 2.21 bits per heavy atom. The van der Waals surface area contributed by atoms with Crippen LogP contribution in [-0.2, 0) is 32.0 Å². The lowest BCUT2D eigenvalue weighted by Gasteiger charge is -2.09. The molecule has 1 aliphatic heterocycles. The van der Waals surface area contributed by atoms with Crippen LogP contribution >= 0.6 is 0 Å². The van der Waals surface area contributed by atoms with Crippen LogP contribution in [0.1, 0.15) is 53.5 Å². The van der Waals surface area contributed by atoms with Gasteiger partial charge in [0.05, 0.1) is 27.1 Å². The number of hydrogen-bond donors (Lipinski definition) is 1. The maximum atomic E-state index is 11.2. The zero-order valence-electron chi connectivity index (χ0n) is 16.4. The quantitative estimate of drug-likeness (QED) is 0.819. The predicted molar refractivity (Wildman–Crippen MR) is 107 cm³/mol. The highest BCUT2D eigenvalue weighted by molar-refractivity contribution is 5.71. The molecule has 2 aromatic rings. The molecule has 2 unspecified atom stereocenters. The number of methoxy groups -OCH3 is 2. The number of hydrogen-bond acceptors (Lipinski definition) is 5. The maximum Gasteiger partial charge on any atom is 0.307 e. The van der Waals surface area contributed by atoms with E-state index in [-0.39, 0.29) is 18.0 Å². The van der Waals surface area contributed by atoms with Crippen LogP contribution < -0.4 is 5.32 Å². The van der Waals surface area contributed by atoms with Crippen LogP contribution in [0.5, 0.6) is 0 Å². The molecule has 1 N–H and O–H groups in total. The van der Waals surface area contributed by atoms with Crippen molar-refractivity contribution in [2.45, 2.75) is 44.2 Å². The Morgan fingerprint density at radius 2 is 1.50 bits per heavy atom. The summed E-state index contributed by atoms with van der Waals surface area (Å²) < 4.78 is 9.34. The van der Waals surface area contributed by atoms with Crippen molar-refractivity contribution in [3.63, 3.8) is 0 Å². The van der Waals surface area contributed by atoms with Crippen LogP contribution in [0.2, 0.25) is 0 Å². The molecule has 2 aromatic carbocycles. The highest BCUT2D eigenvalue weighted by Crippen LogP contribution is 2.35. The minimum Gasteiger partial charge on any atom is -0.469 e. The van der Waals surface area contributed by atoms with Gasteiger partial charge in [-0.1, -0.05) is 48.5 Å². The number of carbonyl (C=O) groups excluding carboxylic acids is 2. The first-order valence-electron chi connectivity index (χ1n) is 9.65. The second kappa shape index (κ2) is 9.51. The summed E-state index contributed by atoms with van der Waals surface area (Å²) >= 11 is 0. The number of aryl methyl sites for hydroxylation is 1. The molecule has 28 heavy (non-hydrogen) atoms. The van der Waals surface area contributed by atoms with Crippen LogP contribution in [0.15, 0.2) is 48.5 Å². The van der Waals surface area contributed by atoms with E-state index in [1.54, 1.807) is 0 Å². The Morgan fingerprint density at radius 1 is 0.893 bits per heavy atom. The monoisotopic (exact) mass is 381 g/mol. The lowest BCUT2D eigenvalue weighted by molar-refractivity contribution is -0.142. The molecule has 148 valence electrons. The Balaban J connectivity index is 0.000000161. The van der Waals surface area contributed by atoms with E-state index in [1.807, 2.05) is 18.2 Å². The molecule has 1 heterocycles. The molecule has 0 aromatic heterocycles. The van der Waals surface area contributed by atoms with Gasteiger partial charge in [0.2, 0.25) is 0 Å². The summed E-state index contributed by atoms with van der Waals surface area (Å²) in [5.74, 6) is 0.101. The Labute approximate surface area is 166 Å². The standard InChI is InChI=1S/C12H14O2.C11H13NO2/c1-14-12(13)8-10-7-6-9-4-2-3-5-11(9)10;1-14-11(13)6-10-9-5-3-2-4-8(9)7-12-10/h2-5,10H,6-8H2,1H3;2-5,10,12H,6-7H2,1H3. The van der Waals surface area contributed by atoms with Crippen molar-refractivity contribution in [3.05, 3.63) is 70.8 Å². The van der Waals surface area contributed by atoms with Crippen molar-refractivity contribution in [2.75, 3.05) is 14.2 Å². The summed E-state index contributed by atoms with van der Waals surface area (Å²) in [6, 6.07) is 16.6. The van der Waals surface area contributed by atoms with Crippen LogP contribution in [0.25, 0.3) is 0 Å². The van der Waals surface area contributed by atoms with Crippen LogP contribution in [0.3, 0.4) is 0 Å². The number of nitrogens with one attached hydrogen (secondary N) is 1. The fourth-order valence-corrected chi connectivity index (χ4v) is 3.95. The van der Waals surface area contributed by atoms with Crippen LogP contribution in [0.4, 0.5) is 0 Å². The van der Waals surface area contributed by atoms with E-state index in [2.05, 4.69) is 45.1 Å². The maximum absolute atomic E-state index is 11.2. The van der Waals surface area contributed by atoms with Gasteiger partial charge in [-0.25, -0.2) is 0 Å². The lowest BCUT2D eigenvalue weighted by Crippen LogP contribution is -2.17. The number of esters is 2. The molecular weight excluding hydrogens is 354 g/mol. The third kappa shape index (κ3) is 4.78. The summed E-state index contributed by atoms with van der Waals surface area (Å²) in [7, 11) is 2.87. The molecule has 0 fully saturated rings. The van der Waals surface area contributed by atoms with Crippen molar-refractivity contribution in [3.8, 4) is 0 Å². The largest absolute Gasteiger partial charge is 0.469 e. The summed E-state index contributed by atoms with van der Waals surface area (Å²) in [4.78, 5) is 22.3. The van der Waals surface area contributed by atoms with E-state index in [4.69, 9.17) is 0 Å². The first-order valence-corrected chi connectivity index (χ1v) is 9.65. The smallest absolute Gasteiger partial charge is 0.307 e. The van der Waals surface area contributed by atoms with E-state index in [0.29, 0.717) is 18.8 Å². The Hall–Kier alpha value is -2.66. The molecule has 0 saturated heterocycles. The molecule has 5 nitrogen and oxygen atoms in total. The number of benzene rings is 2. The second-order valence-electron chi connectivity index (χ2n) is 7.13. The molecule has 0 spiro atoms. The summed E-state index contributed by atoms with van der Waals surface area (Å²) in [5, 5.41) is 3.29. The number of fused-ring (bicyclic) bond motifs is 2. The van der Waals surface area contributed by atoms with Crippen LogP contribution in [-0.4, -0.2) is 26.2 Å². The van der Waals surface area contributed by atoms with Gasteiger partial charge in [0.15, 0.2) is 0 Å². The van der Waals surface area contributed by atoms with Gasteiger partial charge in [-0.05, 0) is 41.0 Å². The van der Waals surface area contributed by atoms with Gasteiger partial charge < -0.3 is 14.8 Å². The van der Waals surface area contributed by atoms with E-state index in [0.717, 1.165) is 19.4 Å². The fourth-order valence-electron chi connectivity index (χ4n) is 3.95. The summed E-state index contributed by atoms with van der Waals surface area (Å²) in [5.41, 5.74) is 5.22. The third-order valence-corrected chi connectivity index (χ3v) is 5.47. The van der Waals surface area contributed by atoms with Gasteiger partial charge in [0, 0.05) is 12.6 Å². The molecule has 1 aliphatic carbocycles. The Bertz CT molecular complexity index is 763. The third-order valence-electron chi connectivity index (χ3n) is 5.47. The van der Waals surface area contributed by atoms with E-state index >= 15 is 0 Å². The molecular formula is C23H27NO4. The molecule has 5 heteroatoms. The Kier molecular flexibility index (Phi) is 6.82. The summed E-state index contributed by atoms with van der Waals surface area (Å²) in [6.07, 6.45) is 3.10. The molecule has 0 saturated carbocycles. The van der Waals surface area contributed by atoms with Gasteiger partial charge in [-0.3, -0.25) is 9.59 Å². The molecule has 4 rings (SSSR count). The van der Waals surface area contributed by atoms with Crippen molar-refractivity contribution in [1.29, 1.82) is 0 Å². The van der Waals surface area contributed by atoms with E-state index in [1.165, 1.54) is 36.5 Å². The minimum absolute atomic E-state index is 0.105. The summed E-state index contributed by atoms with van der Waals surface area (Å²) in [6.45, 7) is 0.845. The van der Waals surface area contributed by atoms with Crippen LogP contribution in [0, 0.1) is 0 Å². The van der Waals surface area contributed by atoms with Gasteiger partial charge in [-0.15, -0.1) is 0 Å². The average Bonchev–Trinajstić information content (AvgIpc) is 3.33. The van der Waals surface area contributed by atoms with Crippen molar-refractivity contribution < 1.29 is 19.1 Å². The molecule has 2 aliphatic rings. The first-order chi connectivity index (χ1) is 13.6.